The van der Waals surface area contributed by atoms with Crippen LogP contribution in [0.15, 0.2) is 0 Å². The summed E-state index contributed by atoms with van der Waals surface area (Å²) in [5, 5.41) is 19.7. The van der Waals surface area contributed by atoms with Crippen LogP contribution in [0, 0.1) is 17.8 Å². The minimum atomic E-state index is -0.708. The Kier molecular flexibility index (Phi) is 3.10. The van der Waals surface area contributed by atoms with Gasteiger partial charge in [-0.05, 0) is 37.0 Å². The van der Waals surface area contributed by atoms with Gasteiger partial charge in [-0.15, -0.1) is 0 Å². The van der Waals surface area contributed by atoms with E-state index in [1.54, 1.807) is 0 Å². The molecule has 0 aromatic carbocycles. The molecule has 1 heterocycles. The van der Waals surface area contributed by atoms with E-state index in [0.717, 1.165) is 38.6 Å². The van der Waals surface area contributed by atoms with Gasteiger partial charge in [-0.3, -0.25) is 9.69 Å². The van der Waals surface area contributed by atoms with Crippen LogP contribution in [0.5, 0.6) is 0 Å². The molecular formula is C14H23NO3. The number of rotatable bonds is 5. The summed E-state index contributed by atoms with van der Waals surface area (Å²) in [6.07, 6.45) is 4.65. The highest BCUT2D eigenvalue weighted by Gasteiger charge is 2.60. The average Bonchev–Trinajstić information content (AvgIpc) is 2.90. The summed E-state index contributed by atoms with van der Waals surface area (Å²) in [6.45, 7) is 2.98. The molecule has 2 aliphatic carbocycles. The van der Waals surface area contributed by atoms with E-state index in [1.165, 1.54) is 0 Å². The largest absolute Gasteiger partial charge is 0.480 e. The molecule has 2 N–H and O–H groups in total. The fraction of sp³-hybridized carbons (Fsp3) is 0.929. The van der Waals surface area contributed by atoms with Gasteiger partial charge < -0.3 is 10.2 Å². The smallest absolute Gasteiger partial charge is 0.320 e. The first kappa shape index (κ1) is 12.4. The van der Waals surface area contributed by atoms with Crippen LogP contribution in [0.4, 0.5) is 0 Å². The van der Waals surface area contributed by atoms with Crippen molar-refractivity contribution in [3.05, 3.63) is 0 Å². The maximum absolute atomic E-state index is 11.5. The van der Waals surface area contributed by atoms with Crippen molar-refractivity contribution in [3.63, 3.8) is 0 Å². The van der Waals surface area contributed by atoms with Crippen LogP contribution < -0.4 is 0 Å². The number of carboxylic acids is 1. The fourth-order valence-corrected chi connectivity index (χ4v) is 4.64. The molecule has 3 rings (SSSR count). The zero-order valence-electron chi connectivity index (χ0n) is 11.0. The Morgan fingerprint density at radius 2 is 2.17 bits per heavy atom. The lowest BCUT2D eigenvalue weighted by atomic mass is 9.88. The van der Waals surface area contributed by atoms with Crippen LogP contribution in [-0.2, 0) is 4.79 Å². The van der Waals surface area contributed by atoms with Gasteiger partial charge in [0.15, 0.2) is 0 Å². The maximum Gasteiger partial charge on any atom is 0.320 e. The molecule has 102 valence electrons. The number of likely N-dealkylation sites (tertiary alicyclic amines) is 1. The van der Waals surface area contributed by atoms with Gasteiger partial charge >= 0.3 is 5.97 Å². The van der Waals surface area contributed by atoms with E-state index in [1.807, 2.05) is 0 Å². The van der Waals surface area contributed by atoms with Gasteiger partial charge in [0.2, 0.25) is 0 Å². The zero-order chi connectivity index (χ0) is 12.9. The molecule has 0 amide bonds. The molecule has 3 fully saturated rings. The number of aliphatic hydroxyl groups excluding tert-OH is 1. The predicted molar refractivity (Wildman–Crippen MR) is 67.2 cm³/mol. The van der Waals surface area contributed by atoms with Gasteiger partial charge in [0.25, 0.3) is 0 Å². The lowest BCUT2D eigenvalue weighted by molar-refractivity contribution is -0.144. The molecule has 1 saturated heterocycles. The minimum Gasteiger partial charge on any atom is -0.480 e. The monoisotopic (exact) mass is 253 g/mol. The summed E-state index contributed by atoms with van der Waals surface area (Å²) in [5.74, 6) is 0.941. The third-order valence-corrected chi connectivity index (χ3v) is 5.40. The highest BCUT2D eigenvalue weighted by atomic mass is 16.4. The Balaban J connectivity index is 1.77. The molecule has 0 radical (unpaired) electrons. The first-order valence-electron chi connectivity index (χ1n) is 7.30. The third kappa shape index (κ3) is 1.69. The van der Waals surface area contributed by atoms with E-state index in [-0.39, 0.29) is 18.2 Å². The van der Waals surface area contributed by atoms with Crippen molar-refractivity contribution in [2.75, 3.05) is 6.54 Å². The number of aliphatic hydroxyl groups is 1. The van der Waals surface area contributed by atoms with E-state index in [9.17, 15) is 15.0 Å². The average molecular weight is 253 g/mol. The number of aliphatic carboxylic acids is 1. The molecule has 2 saturated carbocycles. The summed E-state index contributed by atoms with van der Waals surface area (Å²) in [7, 11) is 0. The second-order valence-electron chi connectivity index (χ2n) is 6.33. The molecular weight excluding hydrogens is 230 g/mol. The minimum absolute atomic E-state index is 0.131. The van der Waals surface area contributed by atoms with Crippen LogP contribution in [0.3, 0.4) is 0 Å². The summed E-state index contributed by atoms with van der Waals surface area (Å²) in [4.78, 5) is 13.6. The molecule has 4 nitrogen and oxygen atoms in total. The maximum atomic E-state index is 11.5. The van der Waals surface area contributed by atoms with E-state index >= 15 is 0 Å². The van der Waals surface area contributed by atoms with Crippen molar-refractivity contribution in [3.8, 4) is 0 Å². The topological polar surface area (TPSA) is 60.8 Å². The first-order chi connectivity index (χ1) is 8.63. The Bertz CT molecular complexity index is 344. The molecule has 2 bridgehead atoms. The molecule has 4 heteroatoms. The quantitative estimate of drug-likeness (QED) is 0.776. The van der Waals surface area contributed by atoms with Crippen molar-refractivity contribution < 1.29 is 15.0 Å². The van der Waals surface area contributed by atoms with Crippen LogP contribution in [0.2, 0.25) is 0 Å². The number of carbonyl (C=O) groups is 1. The summed E-state index contributed by atoms with van der Waals surface area (Å²) < 4.78 is 0. The number of fused-ring (bicyclic) bond motifs is 1. The van der Waals surface area contributed by atoms with Crippen molar-refractivity contribution in [1.82, 2.24) is 4.90 Å². The lowest BCUT2D eigenvalue weighted by Crippen LogP contribution is -2.49. The van der Waals surface area contributed by atoms with Crippen molar-refractivity contribution in [2.45, 2.75) is 57.2 Å². The van der Waals surface area contributed by atoms with E-state index in [0.29, 0.717) is 17.8 Å². The van der Waals surface area contributed by atoms with Gasteiger partial charge in [-0.2, -0.15) is 0 Å². The highest BCUT2D eigenvalue weighted by Crippen LogP contribution is 2.55. The van der Waals surface area contributed by atoms with Crippen LogP contribution in [-0.4, -0.2) is 45.8 Å². The van der Waals surface area contributed by atoms with Crippen LogP contribution in [0.25, 0.3) is 0 Å². The molecule has 0 aromatic rings. The SMILES string of the molecule is CCCCC(C(=O)O)N1CC2CC3CC2C1C3O. The lowest BCUT2D eigenvalue weighted by Gasteiger charge is -2.32. The standard InChI is InChI=1S/C14H23NO3/c1-2-3-4-11(14(17)18)15-7-9-5-8-6-10(9)12(15)13(8)16/h8-13,16H,2-7H2,1H3,(H,17,18). The van der Waals surface area contributed by atoms with Gasteiger partial charge in [-0.25, -0.2) is 0 Å². The number of nitrogens with zero attached hydrogens (tertiary/aromatic N) is 1. The molecule has 3 aliphatic rings. The van der Waals surface area contributed by atoms with Crippen molar-refractivity contribution in [1.29, 1.82) is 0 Å². The van der Waals surface area contributed by atoms with Gasteiger partial charge in [0.05, 0.1) is 6.10 Å². The van der Waals surface area contributed by atoms with Gasteiger partial charge in [-0.1, -0.05) is 19.8 Å². The number of hydrogen-bond donors (Lipinski definition) is 2. The van der Waals surface area contributed by atoms with E-state index in [4.69, 9.17) is 0 Å². The Hall–Kier alpha value is -0.610. The molecule has 18 heavy (non-hydrogen) atoms. The summed E-state index contributed by atoms with van der Waals surface area (Å²) >= 11 is 0. The Morgan fingerprint density at radius 3 is 2.78 bits per heavy atom. The first-order valence-corrected chi connectivity index (χ1v) is 7.30. The normalized spacial score (nSPS) is 43.6. The second kappa shape index (κ2) is 4.49. The highest BCUT2D eigenvalue weighted by molar-refractivity contribution is 5.73. The van der Waals surface area contributed by atoms with Crippen LogP contribution in [0.1, 0.15) is 39.0 Å². The summed E-state index contributed by atoms with van der Waals surface area (Å²) in [6, 6.07) is -0.249. The Labute approximate surface area is 108 Å². The molecule has 0 spiro atoms. The Morgan fingerprint density at radius 1 is 1.39 bits per heavy atom. The molecule has 6 unspecified atom stereocenters. The second-order valence-corrected chi connectivity index (χ2v) is 6.33. The van der Waals surface area contributed by atoms with E-state index in [2.05, 4.69) is 11.8 Å². The molecule has 6 atom stereocenters. The number of carboxylic acid groups (broad SMARTS) is 1. The van der Waals surface area contributed by atoms with Gasteiger partial charge in [0, 0.05) is 12.6 Å². The number of unbranched alkanes of at least 4 members (excludes halogenated alkanes) is 1. The predicted octanol–water partition coefficient (Wildman–Crippen LogP) is 1.33. The third-order valence-electron chi connectivity index (χ3n) is 5.40. The van der Waals surface area contributed by atoms with Crippen molar-refractivity contribution >= 4 is 5.97 Å². The van der Waals surface area contributed by atoms with Crippen LogP contribution >= 0.6 is 0 Å². The summed E-state index contributed by atoms with van der Waals surface area (Å²) in [5.41, 5.74) is 0. The van der Waals surface area contributed by atoms with E-state index < -0.39 is 5.97 Å². The molecule has 1 aliphatic heterocycles. The van der Waals surface area contributed by atoms with Gasteiger partial charge in [0.1, 0.15) is 6.04 Å². The van der Waals surface area contributed by atoms with Crippen molar-refractivity contribution in [2.24, 2.45) is 17.8 Å². The zero-order valence-corrected chi connectivity index (χ0v) is 11.0. The number of hydrogen-bond acceptors (Lipinski definition) is 3. The fourth-order valence-electron chi connectivity index (χ4n) is 4.64. The molecule has 0 aromatic heterocycles.